The maximum absolute atomic E-state index is 12.4. The number of nitrogens with zero attached hydrogens (tertiary/aromatic N) is 2. The maximum atomic E-state index is 12.4. The first-order valence-electron chi connectivity index (χ1n) is 11.2. The molecule has 7 nitrogen and oxygen atoms in total. The van der Waals surface area contributed by atoms with Crippen LogP contribution < -0.4 is 11.4 Å². The molecular weight excluding hydrogens is 426 g/mol. The minimum atomic E-state index is -1.92. The van der Waals surface area contributed by atoms with E-state index in [1.54, 1.807) is 12.3 Å². The number of nitrogens with two attached hydrogens (primary N) is 1. The number of rotatable bonds is 7. The van der Waals surface area contributed by atoms with Crippen LogP contribution in [0.1, 0.15) is 54.2 Å². The average Bonchev–Trinajstić information content (AvgIpc) is 2.99. The zero-order chi connectivity index (χ0) is 23.8. The molecule has 0 radical (unpaired) electrons. The summed E-state index contributed by atoms with van der Waals surface area (Å²) >= 11 is 0. The zero-order valence-electron chi connectivity index (χ0n) is 21.1. The first-order valence-corrected chi connectivity index (χ1v) is 17.0. The Bertz CT molecular complexity index is 774. The van der Waals surface area contributed by atoms with Gasteiger partial charge in [0.1, 0.15) is 12.0 Å². The van der Waals surface area contributed by atoms with Gasteiger partial charge in [-0.2, -0.15) is 4.98 Å². The van der Waals surface area contributed by atoms with E-state index in [0.29, 0.717) is 19.6 Å². The highest BCUT2D eigenvalue weighted by Crippen LogP contribution is 2.41. The number of hydrogen-bond acceptors (Lipinski definition) is 6. The smallest absolute Gasteiger partial charge is 0.351 e. The quantitative estimate of drug-likeness (QED) is 0.579. The fraction of sp³-hybridized carbons (Fsp3) is 0.818. The van der Waals surface area contributed by atoms with Crippen molar-refractivity contribution in [1.82, 2.24) is 9.55 Å². The Morgan fingerprint density at radius 2 is 1.58 bits per heavy atom. The van der Waals surface area contributed by atoms with E-state index in [1.807, 2.05) is 0 Å². The molecule has 1 unspecified atom stereocenters. The molecular formula is C22H43N3O4Si2. The lowest BCUT2D eigenvalue weighted by Gasteiger charge is -2.38. The fourth-order valence-corrected chi connectivity index (χ4v) is 5.07. The van der Waals surface area contributed by atoms with Gasteiger partial charge in [-0.05, 0) is 42.3 Å². The van der Waals surface area contributed by atoms with Gasteiger partial charge < -0.3 is 19.3 Å². The van der Waals surface area contributed by atoms with E-state index >= 15 is 0 Å². The van der Waals surface area contributed by atoms with Crippen molar-refractivity contribution in [3.63, 3.8) is 0 Å². The third kappa shape index (κ3) is 6.28. The van der Waals surface area contributed by atoms with Gasteiger partial charge in [-0.3, -0.25) is 4.57 Å². The summed E-state index contributed by atoms with van der Waals surface area (Å²) in [5, 5.41) is 0.257. The fourth-order valence-electron chi connectivity index (χ4n) is 2.99. The van der Waals surface area contributed by atoms with Crippen molar-refractivity contribution in [1.29, 1.82) is 0 Å². The molecule has 0 bridgehead atoms. The van der Waals surface area contributed by atoms with Gasteiger partial charge >= 0.3 is 5.69 Å². The molecule has 2 heterocycles. The van der Waals surface area contributed by atoms with Gasteiger partial charge in [0.05, 0.1) is 12.7 Å². The zero-order valence-corrected chi connectivity index (χ0v) is 23.1. The molecule has 1 aromatic rings. The number of nitrogen functional groups attached to an aromatic ring is 1. The molecule has 0 amide bonds. The van der Waals surface area contributed by atoms with Crippen LogP contribution in [0.25, 0.3) is 0 Å². The van der Waals surface area contributed by atoms with Gasteiger partial charge in [-0.15, -0.1) is 0 Å². The molecule has 1 fully saturated rings. The third-order valence-electron chi connectivity index (χ3n) is 7.40. The molecule has 2 N–H and O–H groups in total. The lowest BCUT2D eigenvalue weighted by atomic mass is 10.0. The average molecular weight is 470 g/mol. The molecule has 0 saturated carbocycles. The van der Waals surface area contributed by atoms with Crippen molar-refractivity contribution >= 4 is 22.5 Å². The molecule has 1 aromatic heterocycles. The Hall–Kier alpha value is -1.01. The Morgan fingerprint density at radius 1 is 1.06 bits per heavy atom. The molecule has 1 aliphatic rings. The minimum Gasteiger partial charge on any atom is -0.416 e. The predicted octanol–water partition coefficient (Wildman–Crippen LogP) is 4.77. The summed E-state index contributed by atoms with van der Waals surface area (Å²) in [6, 6.07) is 1.63. The molecule has 3 atom stereocenters. The lowest BCUT2D eigenvalue weighted by Crippen LogP contribution is -2.45. The second kappa shape index (κ2) is 9.09. The van der Waals surface area contributed by atoms with Gasteiger partial charge in [0.25, 0.3) is 0 Å². The van der Waals surface area contributed by atoms with E-state index in [0.717, 1.165) is 0 Å². The molecule has 0 spiro atoms. The maximum Gasteiger partial charge on any atom is 0.351 e. The van der Waals surface area contributed by atoms with E-state index in [4.69, 9.17) is 19.3 Å². The van der Waals surface area contributed by atoms with Crippen molar-refractivity contribution in [3.8, 4) is 0 Å². The minimum absolute atomic E-state index is 0.121. The first-order chi connectivity index (χ1) is 13.9. The Morgan fingerprint density at radius 3 is 2.06 bits per heavy atom. The highest BCUT2D eigenvalue weighted by molar-refractivity contribution is 6.74. The molecule has 31 heavy (non-hydrogen) atoms. The van der Waals surface area contributed by atoms with Crippen LogP contribution in [0.3, 0.4) is 0 Å². The van der Waals surface area contributed by atoms with Gasteiger partial charge in [-0.1, -0.05) is 41.5 Å². The van der Waals surface area contributed by atoms with Crippen LogP contribution in [-0.4, -0.2) is 45.5 Å². The largest absolute Gasteiger partial charge is 0.416 e. The number of aromatic nitrogens is 2. The van der Waals surface area contributed by atoms with Crippen molar-refractivity contribution in [2.75, 3.05) is 18.9 Å². The van der Waals surface area contributed by atoms with Gasteiger partial charge in [0, 0.05) is 25.1 Å². The molecule has 9 heteroatoms. The third-order valence-corrected chi connectivity index (χ3v) is 16.4. The topological polar surface area (TPSA) is 88.6 Å². The summed E-state index contributed by atoms with van der Waals surface area (Å²) in [5.41, 5.74) is 5.27. The van der Waals surface area contributed by atoms with Crippen molar-refractivity contribution < 1.29 is 13.6 Å². The van der Waals surface area contributed by atoms with Crippen LogP contribution in [0, 0.1) is 5.92 Å². The Kier molecular flexibility index (Phi) is 7.70. The summed E-state index contributed by atoms with van der Waals surface area (Å²) in [6.45, 7) is 23.5. The summed E-state index contributed by atoms with van der Waals surface area (Å²) in [6.07, 6.45) is 1.83. The normalized spacial score (nSPS) is 23.4. The van der Waals surface area contributed by atoms with Crippen LogP contribution in [-0.2, 0) is 13.6 Å². The van der Waals surface area contributed by atoms with E-state index in [9.17, 15) is 4.79 Å². The standard InChI is InChI=1S/C22H43N3O4Si2/c1-21(2,3)30(7,8)27-14-16-13-19(25-12-11-18(23)24-20(25)26)29-17(16)15-28-31(9,10)22(4,5)6/h11-12,16-17,19H,13-15H2,1-10H3,(H2,23,24,26)/t16-,17-,19?/m1/s1. The molecule has 1 aliphatic heterocycles. The Labute approximate surface area is 189 Å². The summed E-state index contributed by atoms with van der Waals surface area (Å²) in [5.74, 6) is 0.364. The molecule has 2 rings (SSSR count). The summed E-state index contributed by atoms with van der Waals surface area (Å²) < 4.78 is 20.9. The molecule has 178 valence electrons. The lowest BCUT2D eigenvalue weighted by molar-refractivity contribution is -0.0334. The molecule has 1 saturated heterocycles. The van der Waals surface area contributed by atoms with Crippen LogP contribution in [0.5, 0.6) is 0 Å². The predicted molar refractivity (Wildman–Crippen MR) is 131 cm³/mol. The van der Waals surface area contributed by atoms with Gasteiger partial charge in [-0.25, -0.2) is 4.79 Å². The van der Waals surface area contributed by atoms with Crippen LogP contribution in [0.15, 0.2) is 17.1 Å². The highest BCUT2D eigenvalue weighted by Gasteiger charge is 2.43. The van der Waals surface area contributed by atoms with Crippen LogP contribution >= 0.6 is 0 Å². The number of anilines is 1. The number of hydrogen-bond donors (Lipinski definition) is 1. The van der Waals surface area contributed by atoms with Crippen molar-refractivity contribution in [3.05, 3.63) is 22.7 Å². The van der Waals surface area contributed by atoms with E-state index in [-0.39, 0.29) is 39.8 Å². The van der Waals surface area contributed by atoms with Crippen LogP contribution in [0.2, 0.25) is 36.3 Å². The summed E-state index contributed by atoms with van der Waals surface area (Å²) in [7, 11) is -3.82. The van der Waals surface area contributed by atoms with Crippen molar-refractivity contribution in [2.24, 2.45) is 5.92 Å². The van der Waals surface area contributed by atoms with E-state index in [2.05, 4.69) is 72.7 Å². The first kappa shape index (κ1) is 26.2. The number of ether oxygens (including phenoxy) is 1. The van der Waals surface area contributed by atoms with Gasteiger partial charge in [0.2, 0.25) is 0 Å². The second-order valence-corrected chi connectivity index (χ2v) is 21.4. The van der Waals surface area contributed by atoms with Crippen LogP contribution in [0.4, 0.5) is 5.82 Å². The van der Waals surface area contributed by atoms with E-state index < -0.39 is 16.6 Å². The van der Waals surface area contributed by atoms with E-state index in [1.165, 1.54) is 4.57 Å². The second-order valence-electron chi connectivity index (χ2n) is 11.8. The monoisotopic (exact) mass is 469 g/mol. The molecule has 0 aliphatic carbocycles. The van der Waals surface area contributed by atoms with Crippen molar-refractivity contribution in [2.45, 2.75) is 96.6 Å². The molecule has 0 aromatic carbocycles. The Balaban J connectivity index is 2.20. The SMILES string of the molecule is CC(C)(C)[Si](C)(C)OC[C@H]1CC(n2ccc(N)nc2=O)O[C@@H]1CO[Si](C)(C)C(C)(C)C. The highest BCUT2D eigenvalue weighted by atomic mass is 28.4. The summed E-state index contributed by atoms with van der Waals surface area (Å²) in [4.78, 5) is 16.2. The van der Waals surface area contributed by atoms with Gasteiger partial charge in [0.15, 0.2) is 16.6 Å².